The van der Waals surface area contributed by atoms with Gasteiger partial charge in [-0.2, -0.15) is 0 Å². The number of ether oxygens (including phenoxy) is 1. The van der Waals surface area contributed by atoms with E-state index in [1.54, 1.807) is 19.9 Å². The number of allylic oxidation sites excluding steroid dienone is 1. The van der Waals surface area contributed by atoms with Crippen LogP contribution in [0.2, 0.25) is 0 Å². The smallest absolute Gasteiger partial charge is 0.303 e. The Morgan fingerprint density at radius 2 is 2.13 bits per heavy atom. The van der Waals surface area contributed by atoms with E-state index >= 15 is 0 Å². The summed E-state index contributed by atoms with van der Waals surface area (Å²) < 4.78 is 5.12. The lowest BCUT2D eigenvalue weighted by Crippen LogP contribution is -2.31. The predicted molar refractivity (Wildman–Crippen MR) is 82.3 cm³/mol. The van der Waals surface area contributed by atoms with Crippen LogP contribution < -0.4 is 10.1 Å². The van der Waals surface area contributed by atoms with E-state index in [2.05, 4.69) is 10.3 Å². The van der Waals surface area contributed by atoms with Crippen LogP contribution in [0.5, 0.6) is 5.88 Å². The van der Waals surface area contributed by atoms with Crippen LogP contribution in [0.25, 0.3) is 5.70 Å². The first-order valence-corrected chi connectivity index (χ1v) is 7.18. The third kappa shape index (κ3) is 3.56. The second kappa shape index (κ2) is 6.60. The zero-order valence-electron chi connectivity index (χ0n) is 13.2. The van der Waals surface area contributed by atoms with Crippen molar-refractivity contribution in [1.82, 2.24) is 10.3 Å². The maximum Gasteiger partial charge on any atom is 0.303 e. The van der Waals surface area contributed by atoms with E-state index in [0.717, 1.165) is 0 Å². The number of nitrogens with zero attached hydrogens (tertiary/aromatic N) is 1. The fraction of sp³-hybridized carbons (Fsp3) is 0.375. The van der Waals surface area contributed by atoms with Crippen LogP contribution in [0.1, 0.15) is 41.4 Å². The van der Waals surface area contributed by atoms with Gasteiger partial charge in [-0.3, -0.25) is 14.4 Å². The molecular weight excluding hydrogens is 300 g/mol. The zero-order chi connectivity index (χ0) is 17.1. The fourth-order valence-electron chi connectivity index (χ4n) is 2.40. The van der Waals surface area contributed by atoms with Crippen LogP contribution in [-0.4, -0.2) is 40.8 Å². The van der Waals surface area contributed by atoms with E-state index in [0.29, 0.717) is 29.3 Å². The van der Waals surface area contributed by atoms with Gasteiger partial charge in [-0.05, 0) is 25.8 Å². The summed E-state index contributed by atoms with van der Waals surface area (Å²) in [5.41, 5.74) is 1.63. The Bertz CT molecular complexity index is 709. The highest BCUT2D eigenvalue weighted by Crippen LogP contribution is 2.27. The molecule has 1 aliphatic carbocycles. The molecule has 7 nitrogen and oxygen atoms in total. The molecule has 0 fully saturated rings. The molecule has 1 aromatic heterocycles. The maximum absolute atomic E-state index is 12.1. The van der Waals surface area contributed by atoms with Crippen molar-refractivity contribution >= 4 is 23.2 Å². The number of aliphatic carboxylic acids is 1. The van der Waals surface area contributed by atoms with E-state index < -0.39 is 17.5 Å². The van der Waals surface area contributed by atoms with Crippen molar-refractivity contribution in [2.75, 3.05) is 7.11 Å². The van der Waals surface area contributed by atoms with Gasteiger partial charge < -0.3 is 15.2 Å². The van der Waals surface area contributed by atoms with Crippen molar-refractivity contribution in [3.63, 3.8) is 0 Å². The summed E-state index contributed by atoms with van der Waals surface area (Å²) in [6.07, 6.45) is 1.59. The quantitative estimate of drug-likeness (QED) is 0.763. The molecule has 2 rings (SSSR count). The van der Waals surface area contributed by atoms with Gasteiger partial charge in [0, 0.05) is 24.6 Å². The molecule has 2 N–H and O–H groups in total. The molecule has 1 atom stereocenters. The number of carboxylic acid groups (broad SMARTS) is 1. The van der Waals surface area contributed by atoms with E-state index in [1.165, 1.54) is 13.2 Å². The Morgan fingerprint density at radius 1 is 1.43 bits per heavy atom. The Balaban J connectivity index is 2.36. The normalized spacial score (nSPS) is 14.8. The third-order valence-electron chi connectivity index (χ3n) is 3.58. The minimum absolute atomic E-state index is 0.00570. The summed E-state index contributed by atoms with van der Waals surface area (Å²) in [7, 11) is 1.47. The second-order valence-corrected chi connectivity index (χ2v) is 5.43. The molecule has 0 aliphatic heterocycles. The SMILES string of the molecule is COc1cc(C)c2c(n1)C(NC(C)CCC(=O)O)=CC(=O)C2=O. The minimum atomic E-state index is -0.890. The first-order chi connectivity index (χ1) is 10.8. The van der Waals surface area contributed by atoms with Gasteiger partial charge in [0.25, 0.3) is 0 Å². The molecule has 0 amide bonds. The Hall–Kier alpha value is -2.70. The van der Waals surface area contributed by atoms with Gasteiger partial charge in [-0.25, -0.2) is 4.98 Å². The molecule has 1 aliphatic rings. The number of aryl methyl sites for hydroxylation is 1. The zero-order valence-corrected chi connectivity index (χ0v) is 13.2. The molecule has 0 saturated carbocycles. The number of hydrogen-bond donors (Lipinski definition) is 2. The van der Waals surface area contributed by atoms with Gasteiger partial charge in [0.2, 0.25) is 17.4 Å². The van der Waals surface area contributed by atoms with Gasteiger partial charge in [-0.15, -0.1) is 0 Å². The topological polar surface area (TPSA) is 106 Å². The Labute approximate surface area is 133 Å². The fourth-order valence-corrected chi connectivity index (χ4v) is 2.40. The highest BCUT2D eigenvalue weighted by Gasteiger charge is 2.30. The highest BCUT2D eigenvalue weighted by atomic mass is 16.5. The van der Waals surface area contributed by atoms with E-state index in [4.69, 9.17) is 9.84 Å². The van der Waals surface area contributed by atoms with Gasteiger partial charge in [0.15, 0.2) is 0 Å². The molecular formula is C16H18N2O5. The van der Waals surface area contributed by atoms with Crippen LogP contribution in [0.4, 0.5) is 0 Å². The van der Waals surface area contributed by atoms with Crippen molar-refractivity contribution < 1.29 is 24.2 Å². The number of pyridine rings is 1. The minimum Gasteiger partial charge on any atom is -0.481 e. The van der Waals surface area contributed by atoms with Crippen LogP contribution >= 0.6 is 0 Å². The van der Waals surface area contributed by atoms with Crippen LogP contribution in [0.3, 0.4) is 0 Å². The average molecular weight is 318 g/mol. The van der Waals surface area contributed by atoms with Crippen LogP contribution in [0, 0.1) is 6.92 Å². The lowest BCUT2D eigenvalue weighted by molar-refractivity contribution is -0.137. The molecule has 0 bridgehead atoms. The number of carbonyl (C=O) groups excluding carboxylic acids is 2. The van der Waals surface area contributed by atoms with Gasteiger partial charge in [0.05, 0.1) is 18.4 Å². The summed E-state index contributed by atoms with van der Waals surface area (Å²) in [4.78, 5) is 38.9. The maximum atomic E-state index is 12.1. The summed E-state index contributed by atoms with van der Waals surface area (Å²) in [6, 6.07) is 1.40. The molecule has 1 aromatic rings. The van der Waals surface area contributed by atoms with E-state index in [9.17, 15) is 14.4 Å². The molecule has 1 heterocycles. The second-order valence-electron chi connectivity index (χ2n) is 5.43. The Kier molecular flexibility index (Phi) is 4.78. The number of fused-ring (bicyclic) bond motifs is 1. The number of ketones is 2. The van der Waals surface area contributed by atoms with E-state index in [-0.39, 0.29) is 18.0 Å². The number of rotatable bonds is 6. The number of hydrogen-bond acceptors (Lipinski definition) is 6. The average Bonchev–Trinajstić information content (AvgIpc) is 2.49. The van der Waals surface area contributed by atoms with Crippen molar-refractivity contribution in [2.45, 2.75) is 32.7 Å². The third-order valence-corrected chi connectivity index (χ3v) is 3.58. The van der Waals surface area contributed by atoms with Crippen molar-refractivity contribution in [2.24, 2.45) is 0 Å². The molecule has 1 unspecified atom stereocenters. The molecule has 0 saturated heterocycles. The molecule has 0 radical (unpaired) electrons. The predicted octanol–water partition coefficient (Wildman–Crippen LogP) is 1.35. The summed E-state index contributed by atoms with van der Waals surface area (Å²) in [6.45, 7) is 3.52. The lowest BCUT2D eigenvalue weighted by Gasteiger charge is -2.22. The van der Waals surface area contributed by atoms with Crippen molar-refractivity contribution in [3.05, 3.63) is 29.0 Å². The molecule has 122 valence electrons. The molecule has 7 heteroatoms. The van der Waals surface area contributed by atoms with Crippen molar-refractivity contribution in [3.8, 4) is 5.88 Å². The lowest BCUT2D eigenvalue weighted by atomic mass is 9.93. The van der Waals surface area contributed by atoms with Gasteiger partial charge in [-0.1, -0.05) is 0 Å². The van der Waals surface area contributed by atoms with Gasteiger partial charge >= 0.3 is 5.97 Å². The molecule has 0 aromatic carbocycles. The summed E-state index contributed by atoms with van der Waals surface area (Å²) >= 11 is 0. The number of carbonyl (C=O) groups is 3. The van der Waals surface area contributed by atoms with Gasteiger partial charge in [0.1, 0.15) is 5.69 Å². The Morgan fingerprint density at radius 3 is 2.74 bits per heavy atom. The van der Waals surface area contributed by atoms with Crippen molar-refractivity contribution in [1.29, 1.82) is 0 Å². The first kappa shape index (κ1) is 16.7. The number of nitrogens with one attached hydrogen (secondary N) is 1. The number of carboxylic acids is 1. The van der Waals surface area contributed by atoms with E-state index in [1.807, 2.05) is 0 Å². The number of Topliss-reactive ketones (excluding diaryl/α,β-unsaturated/α-hetero) is 1. The number of methoxy groups -OCH3 is 1. The monoisotopic (exact) mass is 318 g/mol. The molecule has 0 spiro atoms. The standard InChI is InChI=1S/C16H18N2O5/c1-8-6-12(23-3)18-15-10(7-11(19)16(22)14(8)15)17-9(2)4-5-13(20)21/h6-7,9,17H,4-5H2,1-3H3,(H,20,21). The summed E-state index contributed by atoms with van der Waals surface area (Å²) in [5, 5.41) is 11.8. The first-order valence-electron chi connectivity index (χ1n) is 7.18. The highest BCUT2D eigenvalue weighted by molar-refractivity contribution is 6.50. The largest absolute Gasteiger partial charge is 0.481 e. The number of aromatic nitrogens is 1. The molecule has 23 heavy (non-hydrogen) atoms. The summed E-state index contributed by atoms with van der Waals surface area (Å²) in [5.74, 6) is -1.77. The van der Waals surface area contributed by atoms with Crippen LogP contribution in [-0.2, 0) is 9.59 Å². The van der Waals surface area contributed by atoms with Crippen LogP contribution in [0.15, 0.2) is 12.1 Å².